The van der Waals surface area contributed by atoms with Crippen molar-refractivity contribution in [2.75, 3.05) is 10.6 Å². The van der Waals surface area contributed by atoms with Gasteiger partial charge < -0.3 is 15.7 Å². The van der Waals surface area contributed by atoms with Crippen LogP contribution in [0.5, 0.6) is 0 Å². The van der Waals surface area contributed by atoms with Crippen LogP contribution in [0.4, 0.5) is 21.8 Å². The largest absolute Gasteiger partial charge is 0.478 e. The average Bonchev–Trinajstić information content (AvgIpc) is 2.64. The molecule has 26 heavy (non-hydrogen) atoms. The van der Waals surface area contributed by atoms with Crippen LogP contribution in [-0.4, -0.2) is 21.0 Å². The third-order valence-corrected chi connectivity index (χ3v) is 3.80. The van der Waals surface area contributed by atoms with Crippen LogP contribution in [0.25, 0.3) is 0 Å². The van der Waals surface area contributed by atoms with Crippen LogP contribution in [0.3, 0.4) is 0 Å². The Balaban J connectivity index is 1.77. The Morgan fingerprint density at radius 2 is 1.88 bits per heavy atom. The maximum atomic E-state index is 13.0. The van der Waals surface area contributed by atoms with E-state index in [0.29, 0.717) is 23.1 Å². The smallest absolute Gasteiger partial charge is 0.337 e. The number of hydrogen-bond acceptors (Lipinski definition) is 5. The highest BCUT2D eigenvalue weighted by Gasteiger charge is 2.11. The molecule has 0 aliphatic rings. The minimum atomic E-state index is -1.06. The minimum Gasteiger partial charge on any atom is -0.478 e. The molecule has 132 valence electrons. The van der Waals surface area contributed by atoms with Gasteiger partial charge in [-0.2, -0.15) is 4.98 Å². The highest BCUT2D eigenvalue weighted by atomic mass is 35.5. The maximum absolute atomic E-state index is 13.0. The second-order valence-corrected chi connectivity index (χ2v) is 5.75. The van der Waals surface area contributed by atoms with E-state index in [2.05, 4.69) is 20.6 Å². The summed E-state index contributed by atoms with van der Waals surface area (Å²) >= 11 is 6.10. The average molecular weight is 373 g/mol. The summed E-state index contributed by atoms with van der Waals surface area (Å²) in [5, 5.41) is 15.5. The molecule has 3 N–H and O–H groups in total. The van der Waals surface area contributed by atoms with Gasteiger partial charge in [0.25, 0.3) is 0 Å². The Kier molecular flexibility index (Phi) is 5.28. The van der Waals surface area contributed by atoms with Gasteiger partial charge in [0.15, 0.2) is 5.82 Å². The molecular formula is C18H14ClFN4O2. The molecule has 0 spiro atoms. The molecule has 8 heteroatoms. The van der Waals surface area contributed by atoms with Gasteiger partial charge in [-0.05, 0) is 29.8 Å². The van der Waals surface area contributed by atoms with E-state index in [-0.39, 0.29) is 17.3 Å². The van der Waals surface area contributed by atoms with Crippen molar-refractivity contribution in [3.63, 3.8) is 0 Å². The van der Waals surface area contributed by atoms with Crippen molar-refractivity contribution < 1.29 is 14.3 Å². The van der Waals surface area contributed by atoms with Crippen molar-refractivity contribution in [2.45, 2.75) is 6.54 Å². The van der Waals surface area contributed by atoms with E-state index < -0.39 is 5.97 Å². The van der Waals surface area contributed by atoms with Crippen LogP contribution in [0.2, 0.25) is 5.02 Å². The molecule has 0 fully saturated rings. The molecule has 3 aromatic rings. The molecule has 6 nitrogen and oxygen atoms in total. The maximum Gasteiger partial charge on any atom is 0.337 e. The van der Waals surface area contributed by atoms with Crippen molar-refractivity contribution in [3.05, 3.63) is 76.7 Å². The zero-order valence-electron chi connectivity index (χ0n) is 13.4. The van der Waals surface area contributed by atoms with Gasteiger partial charge in [-0.3, -0.25) is 0 Å². The fraction of sp³-hybridized carbons (Fsp3) is 0.0556. The van der Waals surface area contributed by atoms with E-state index in [1.165, 1.54) is 24.4 Å². The van der Waals surface area contributed by atoms with Gasteiger partial charge in [0.2, 0.25) is 5.95 Å². The highest BCUT2D eigenvalue weighted by Crippen LogP contribution is 2.23. The number of nitrogens with one attached hydrogen (secondary N) is 2. The minimum absolute atomic E-state index is 0.104. The van der Waals surface area contributed by atoms with Gasteiger partial charge >= 0.3 is 5.97 Å². The van der Waals surface area contributed by atoms with Gasteiger partial charge in [0, 0.05) is 6.54 Å². The topological polar surface area (TPSA) is 87.1 Å². The number of carboxylic acid groups (broad SMARTS) is 1. The number of aromatic carboxylic acids is 1. The molecule has 0 atom stereocenters. The molecule has 0 radical (unpaired) electrons. The Morgan fingerprint density at radius 3 is 2.62 bits per heavy atom. The molecule has 0 bridgehead atoms. The summed E-state index contributed by atoms with van der Waals surface area (Å²) in [5.41, 5.74) is 1.32. The molecule has 1 heterocycles. The fourth-order valence-electron chi connectivity index (χ4n) is 2.24. The third kappa shape index (κ3) is 4.25. The summed E-state index contributed by atoms with van der Waals surface area (Å²) in [7, 11) is 0. The first kappa shape index (κ1) is 17.6. The van der Waals surface area contributed by atoms with Crippen LogP contribution in [0.1, 0.15) is 15.9 Å². The SMILES string of the molecule is O=C(O)c1ccccc1Nc1ncc(Cl)c(NCc2ccc(F)cc2)n1. The van der Waals surface area contributed by atoms with Gasteiger partial charge in [0.05, 0.1) is 17.4 Å². The second-order valence-electron chi connectivity index (χ2n) is 5.35. The first-order valence-corrected chi connectivity index (χ1v) is 8.01. The van der Waals surface area contributed by atoms with Gasteiger partial charge in [-0.15, -0.1) is 0 Å². The van der Waals surface area contributed by atoms with E-state index in [1.807, 2.05) is 0 Å². The molecule has 2 aromatic carbocycles. The number of benzene rings is 2. The van der Waals surface area contributed by atoms with Gasteiger partial charge in [-0.1, -0.05) is 35.9 Å². The predicted octanol–water partition coefficient (Wildman–Crippen LogP) is 4.32. The predicted molar refractivity (Wildman–Crippen MR) is 97.5 cm³/mol. The summed E-state index contributed by atoms with van der Waals surface area (Å²) in [4.78, 5) is 19.6. The molecule has 1 aromatic heterocycles. The van der Waals surface area contributed by atoms with E-state index in [9.17, 15) is 14.3 Å². The van der Waals surface area contributed by atoms with Crippen molar-refractivity contribution >= 4 is 35.0 Å². The number of anilines is 3. The van der Waals surface area contributed by atoms with Crippen molar-refractivity contribution in [1.82, 2.24) is 9.97 Å². The van der Waals surface area contributed by atoms with Crippen molar-refractivity contribution in [1.29, 1.82) is 0 Å². The zero-order valence-corrected chi connectivity index (χ0v) is 14.2. The number of carbonyl (C=O) groups is 1. The van der Waals surface area contributed by atoms with E-state index in [4.69, 9.17) is 11.6 Å². The number of carboxylic acids is 1. The van der Waals surface area contributed by atoms with Crippen LogP contribution in [0, 0.1) is 5.82 Å². The lowest BCUT2D eigenvalue weighted by Crippen LogP contribution is -2.07. The Hall–Kier alpha value is -3.19. The quantitative estimate of drug-likeness (QED) is 0.597. The lowest BCUT2D eigenvalue weighted by atomic mass is 10.2. The summed E-state index contributed by atoms with van der Waals surface area (Å²) in [6.45, 7) is 0.391. The monoisotopic (exact) mass is 372 g/mol. The summed E-state index contributed by atoms with van der Waals surface area (Å²) < 4.78 is 13.0. The van der Waals surface area contributed by atoms with Crippen LogP contribution >= 0.6 is 11.6 Å². The zero-order chi connectivity index (χ0) is 18.5. The third-order valence-electron chi connectivity index (χ3n) is 3.52. The molecule has 3 rings (SSSR count). The number of hydrogen-bond donors (Lipinski definition) is 3. The lowest BCUT2D eigenvalue weighted by Gasteiger charge is -2.11. The second kappa shape index (κ2) is 7.79. The van der Waals surface area contributed by atoms with Crippen molar-refractivity contribution in [3.8, 4) is 0 Å². The van der Waals surface area contributed by atoms with Crippen LogP contribution in [-0.2, 0) is 6.54 Å². The standard InChI is InChI=1S/C18H14ClFN4O2/c19-14-10-22-18(23-15-4-2-1-3-13(15)17(25)26)24-16(14)21-9-11-5-7-12(20)8-6-11/h1-8,10H,9H2,(H,25,26)(H2,21,22,23,24). The molecule has 0 saturated carbocycles. The number of para-hydroxylation sites is 1. The fourth-order valence-corrected chi connectivity index (χ4v) is 2.40. The molecule has 0 aliphatic heterocycles. The number of aromatic nitrogens is 2. The molecular weight excluding hydrogens is 359 g/mol. The van der Waals surface area contributed by atoms with Crippen LogP contribution < -0.4 is 10.6 Å². The first-order chi connectivity index (χ1) is 12.5. The van der Waals surface area contributed by atoms with Gasteiger partial charge in [0.1, 0.15) is 10.8 Å². The first-order valence-electron chi connectivity index (χ1n) is 7.63. The molecule has 0 aliphatic carbocycles. The molecule has 0 unspecified atom stereocenters. The summed E-state index contributed by atoms with van der Waals surface area (Å²) in [6.07, 6.45) is 1.41. The molecule has 0 saturated heterocycles. The Labute approximate surface area is 153 Å². The summed E-state index contributed by atoms with van der Waals surface area (Å²) in [6, 6.07) is 12.5. The van der Waals surface area contributed by atoms with Gasteiger partial charge in [-0.25, -0.2) is 14.2 Å². The van der Waals surface area contributed by atoms with E-state index >= 15 is 0 Å². The highest BCUT2D eigenvalue weighted by molar-refractivity contribution is 6.32. The normalized spacial score (nSPS) is 10.4. The Bertz CT molecular complexity index is 935. The Morgan fingerprint density at radius 1 is 1.15 bits per heavy atom. The summed E-state index contributed by atoms with van der Waals surface area (Å²) in [5.74, 6) is -0.792. The number of rotatable bonds is 6. The van der Waals surface area contributed by atoms with Crippen LogP contribution in [0.15, 0.2) is 54.7 Å². The van der Waals surface area contributed by atoms with Crippen molar-refractivity contribution in [2.24, 2.45) is 0 Å². The molecule has 0 amide bonds. The van der Waals surface area contributed by atoms with E-state index in [1.54, 1.807) is 30.3 Å². The lowest BCUT2D eigenvalue weighted by molar-refractivity contribution is 0.0698. The number of halogens is 2. The number of nitrogens with zero attached hydrogens (tertiary/aromatic N) is 2. The van der Waals surface area contributed by atoms with E-state index in [0.717, 1.165) is 5.56 Å².